The number of nitrogens with zero attached hydrogens (tertiary/aromatic N) is 3. The molecule has 0 radical (unpaired) electrons. The lowest BCUT2D eigenvalue weighted by Gasteiger charge is -2.09. The molecule has 126 valence electrons. The number of aromatic nitrogens is 3. The number of hydrogen-bond acceptors (Lipinski definition) is 4. The molecule has 0 N–H and O–H groups in total. The molecule has 1 heterocycles. The Bertz CT molecular complexity index is 781. The smallest absolute Gasteiger partial charge is 0.210 e. The first kappa shape index (κ1) is 17.5. The topological polar surface area (TPSA) is 64.8 Å². The molecule has 0 amide bonds. The van der Waals surface area contributed by atoms with Crippen LogP contribution in [-0.4, -0.2) is 28.1 Å². The van der Waals surface area contributed by atoms with Gasteiger partial charge in [0.1, 0.15) is 5.82 Å². The Balaban J connectivity index is 2.55. The first-order valence-corrected chi connectivity index (χ1v) is 8.45. The van der Waals surface area contributed by atoms with Crippen LogP contribution in [0.2, 0.25) is 0 Å². The van der Waals surface area contributed by atoms with Crippen molar-refractivity contribution in [2.75, 3.05) is 0 Å². The minimum absolute atomic E-state index is 0.0118. The van der Waals surface area contributed by atoms with E-state index >= 15 is 0 Å². The lowest BCUT2D eigenvalue weighted by molar-refractivity contribution is -0.0450. The van der Waals surface area contributed by atoms with E-state index in [-0.39, 0.29) is 22.2 Å². The summed E-state index contributed by atoms with van der Waals surface area (Å²) in [4.78, 5) is 4.00. The van der Waals surface area contributed by atoms with Crippen molar-refractivity contribution in [3.05, 3.63) is 35.7 Å². The molecular weight excluding hydrogens is 331 g/mol. The zero-order chi connectivity index (χ0) is 17.3. The molecule has 0 aliphatic carbocycles. The van der Waals surface area contributed by atoms with Crippen molar-refractivity contribution in [1.82, 2.24) is 14.2 Å². The van der Waals surface area contributed by atoms with E-state index in [0.29, 0.717) is 18.4 Å². The second kappa shape index (κ2) is 6.31. The Kier molecular flexibility index (Phi) is 4.79. The average Bonchev–Trinajstić information content (AvgIpc) is 2.89. The predicted molar refractivity (Wildman–Crippen MR) is 79.2 cm³/mol. The fourth-order valence-corrected chi connectivity index (χ4v) is 2.72. The van der Waals surface area contributed by atoms with Gasteiger partial charge in [0.25, 0.3) is 0 Å². The molecule has 2 aromatic rings. The second-order valence-electron chi connectivity index (χ2n) is 5.11. The van der Waals surface area contributed by atoms with Crippen LogP contribution in [0.3, 0.4) is 0 Å². The molecule has 0 aliphatic rings. The van der Waals surface area contributed by atoms with E-state index < -0.39 is 15.5 Å². The van der Waals surface area contributed by atoms with Crippen LogP contribution in [0.25, 0.3) is 11.4 Å². The minimum atomic E-state index is -5.59. The van der Waals surface area contributed by atoms with Crippen LogP contribution in [0.15, 0.2) is 24.3 Å². The van der Waals surface area contributed by atoms with E-state index in [2.05, 4.69) is 10.1 Å². The third kappa shape index (κ3) is 3.54. The number of rotatable bonds is 5. The second-order valence-corrected chi connectivity index (χ2v) is 6.87. The molecule has 1 aromatic carbocycles. The summed E-state index contributed by atoms with van der Waals surface area (Å²) in [6.07, 6.45) is 1.31. The summed E-state index contributed by atoms with van der Waals surface area (Å²) in [5.74, 6) is -0.247. The molecule has 0 saturated heterocycles. The van der Waals surface area contributed by atoms with Crippen LogP contribution in [0, 0.1) is 6.92 Å². The van der Waals surface area contributed by atoms with Crippen LogP contribution in [-0.2, 0) is 16.4 Å². The molecule has 9 heteroatoms. The number of alkyl halides is 3. The highest BCUT2D eigenvalue weighted by Gasteiger charge is 2.49. The molecule has 2 rings (SSSR count). The summed E-state index contributed by atoms with van der Waals surface area (Å²) < 4.78 is 61.8. The van der Waals surface area contributed by atoms with Gasteiger partial charge in [-0.05, 0) is 13.3 Å². The Hall–Kier alpha value is -1.90. The molecule has 1 aromatic heterocycles. The molecule has 0 atom stereocenters. The SMILES string of the molecule is CCCCc1nc(-c2ccc(C)cc2)nn1S(=O)(=O)C(F)(F)F. The minimum Gasteiger partial charge on any atom is -0.210 e. The average molecular weight is 347 g/mol. The lowest BCUT2D eigenvalue weighted by atomic mass is 10.1. The largest absolute Gasteiger partial charge is 0.518 e. The maximum Gasteiger partial charge on any atom is 0.518 e. The van der Waals surface area contributed by atoms with E-state index in [1.807, 2.05) is 13.8 Å². The molecular formula is C14H16F3N3O2S. The summed E-state index contributed by atoms with van der Waals surface area (Å²) in [7, 11) is -5.59. The fraction of sp³-hybridized carbons (Fsp3) is 0.429. The molecule has 0 unspecified atom stereocenters. The number of unbranched alkanes of at least 4 members (excludes halogenated alkanes) is 1. The molecule has 0 spiro atoms. The van der Waals surface area contributed by atoms with Gasteiger partial charge in [-0.3, -0.25) is 0 Å². The van der Waals surface area contributed by atoms with Crippen LogP contribution in [0.4, 0.5) is 13.2 Å². The van der Waals surface area contributed by atoms with Crippen molar-refractivity contribution in [3.8, 4) is 11.4 Å². The van der Waals surface area contributed by atoms with Gasteiger partial charge in [-0.25, -0.2) is 4.98 Å². The molecule has 0 fully saturated rings. The van der Waals surface area contributed by atoms with Crippen molar-refractivity contribution in [1.29, 1.82) is 0 Å². The fourth-order valence-electron chi connectivity index (χ4n) is 1.93. The molecule has 23 heavy (non-hydrogen) atoms. The first-order valence-electron chi connectivity index (χ1n) is 7.01. The van der Waals surface area contributed by atoms with Gasteiger partial charge >= 0.3 is 15.5 Å². The van der Waals surface area contributed by atoms with Crippen molar-refractivity contribution in [3.63, 3.8) is 0 Å². The van der Waals surface area contributed by atoms with Gasteiger partial charge in [0.15, 0.2) is 5.82 Å². The Morgan fingerprint density at radius 2 is 1.78 bits per heavy atom. The molecule has 0 aliphatic heterocycles. The molecule has 0 bridgehead atoms. The summed E-state index contributed by atoms with van der Waals surface area (Å²) in [5, 5.41) is 3.60. The van der Waals surface area contributed by atoms with Gasteiger partial charge in [0.2, 0.25) is 0 Å². The molecule has 5 nitrogen and oxygen atoms in total. The van der Waals surface area contributed by atoms with Crippen molar-refractivity contribution in [2.24, 2.45) is 0 Å². The van der Waals surface area contributed by atoms with Crippen LogP contribution in [0.1, 0.15) is 31.2 Å². The maximum absolute atomic E-state index is 12.8. The van der Waals surface area contributed by atoms with Crippen LogP contribution in [0.5, 0.6) is 0 Å². The third-order valence-corrected chi connectivity index (χ3v) is 4.56. The van der Waals surface area contributed by atoms with E-state index in [1.54, 1.807) is 24.3 Å². The number of benzene rings is 1. The maximum atomic E-state index is 12.8. The van der Waals surface area contributed by atoms with E-state index in [4.69, 9.17) is 0 Å². The van der Waals surface area contributed by atoms with Crippen molar-refractivity contribution >= 4 is 10.0 Å². The quantitative estimate of drug-likeness (QED) is 0.832. The summed E-state index contributed by atoms with van der Waals surface area (Å²) in [5.41, 5.74) is -4.00. The zero-order valence-corrected chi connectivity index (χ0v) is 13.4. The van der Waals surface area contributed by atoms with Gasteiger partial charge in [-0.1, -0.05) is 43.2 Å². The zero-order valence-electron chi connectivity index (χ0n) is 12.6. The van der Waals surface area contributed by atoms with Crippen molar-refractivity contribution < 1.29 is 21.6 Å². The van der Waals surface area contributed by atoms with Gasteiger partial charge in [0.05, 0.1) is 0 Å². The number of aryl methyl sites for hydroxylation is 2. The van der Waals surface area contributed by atoms with E-state index in [1.165, 1.54) is 0 Å². The monoisotopic (exact) mass is 347 g/mol. The van der Waals surface area contributed by atoms with Crippen LogP contribution < -0.4 is 0 Å². The van der Waals surface area contributed by atoms with Gasteiger partial charge in [-0.15, -0.1) is 9.19 Å². The molecule has 0 saturated carbocycles. The third-order valence-electron chi connectivity index (χ3n) is 3.23. The first-order chi connectivity index (χ1) is 10.7. The normalized spacial score (nSPS) is 12.6. The summed E-state index contributed by atoms with van der Waals surface area (Å²) >= 11 is 0. The highest BCUT2D eigenvalue weighted by atomic mass is 32.2. The Morgan fingerprint density at radius 1 is 1.17 bits per heavy atom. The summed E-state index contributed by atoms with van der Waals surface area (Å²) in [6.45, 7) is 3.70. The highest BCUT2D eigenvalue weighted by molar-refractivity contribution is 7.90. The highest BCUT2D eigenvalue weighted by Crippen LogP contribution is 2.27. The van der Waals surface area contributed by atoms with Gasteiger partial charge in [-0.2, -0.15) is 21.6 Å². The summed E-state index contributed by atoms with van der Waals surface area (Å²) in [6, 6.07) is 6.78. The van der Waals surface area contributed by atoms with Gasteiger partial charge < -0.3 is 0 Å². The van der Waals surface area contributed by atoms with Crippen molar-refractivity contribution in [2.45, 2.75) is 38.6 Å². The Labute approximate surface area is 132 Å². The lowest BCUT2D eigenvalue weighted by Crippen LogP contribution is -2.32. The van der Waals surface area contributed by atoms with E-state index in [9.17, 15) is 21.6 Å². The number of hydrogen-bond donors (Lipinski definition) is 0. The Morgan fingerprint density at radius 3 is 2.30 bits per heavy atom. The van der Waals surface area contributed by atoms with E-state index in [0.717, 1.165) is 5.56 Å². The number of halogens is 3. The predicted octanol–water partition coefficient (Wildman–Crippen LogP) is 3.29. The van der Waals surface area contributed by atoms with Crippen LogP contribution >= 0.6 is 0 Å². The van der Waals surface area contributed by atoms with Gasteiger partial charge in [0, 0.05) is 12.0 Å². The standard InChI is InChI=1S/C14H16F3N3O2S/c1-3-4-5-12-18-13(11-8-6-10(2)7-9-11)19-20(12)23(21,22)14(15,16)17/h6-9H,3-5H2,1-2H3.